The van der Waals surface area contributed by atoms with E-state index < -0.39 is 0 Å². The van der Waals surface area contributed by atoms with Gasteiger partial charge in [0, 0.05) is 38.8 Å². The van der Waals surface area contributed by atoms with Gasteiger partial charge in [0.15, 0.2) is 0 Å². The second-order valence-electron chi connectivity index (χ2n) is 5.91. The lowest BCUT2D eigenvalue weighted by molar-refractivity contribution is -0.138. The summed E-state index contributed by atoms with van der Waals surface area (Å²) < 4.78 is 5.24. The molecule has 4 heteroatoms. The van der Waals surface area contributed by atoms with Gasteiger partial charge in [-0.1, -0.05) is 38.1 Å². The second-order valence-corrected chi connectivity index (χ2v) is 5.91. The maximum Gasteiger partial charge on any atom is 0.330 e. The van der Waals surface area contributed by atoms with Crippen molar-refractivity contribution < 1.29 is 9.53 Å². The monoisotopic (exact) mass is 302 g/mol. The lowest BCUT2D eigenvalue weighted by Crippen LogP contribution is -2.44. The van der Waals surface area contributed by atoms with E-state index in [2.05, 4.69) is 36.2 Å². The van der Waals surface area contributed by atoms with E-state index in [1.54, 1.807) is 6.08 Å². The molecule has 1 heterocycles. The van der Waals surface area contributed by atoms with Gasteiger partial charge in [-0.25, -0.2) is 4.79 Å². The standard InChI is InChI=1S/C18H26N2O2/c1-15(2)17-6-3-16(4-7-17)5-8-18(21)22-14-13-20-11-9-19-10-12-20/h3-8,15,19H,9-14H2,1-2H3/b8-5+. The first-order valence-corrected chi connectivity index (χ1v) is 8.03. The maximum atomic E-state index is 11.7. The predicted octanol–water partition coefficient (Wildman–Crippen LogP) is 2.27. The molecule has 1 aliphatic rings. The zero-order chi connectivity index (χ0) is 15.8. The van der Waals surface area contributed by atoms with E-state index in [0.717, 1.165) is 38.3 Å². The first-order valence-electron chi connectivity index (χ1n) is 8.03. The van der Waals surface area contributed by atoms with Gasteiger partial charge in [-0.05, 0) is 23.1 Å². The lowest BCUT2D eigenvalue weighted by Gasteiger charge is -2.26. The molecule has 1 N–H and O–H groups in total. The maximum absolute atomic E-state index is 11.7. The smallest absolute Gasteiger partial charge is 0.330 e. The van der Waals surface area contributed by atoms with Crippen molar-refractivity contribution in [2.45, 2.75) is 19.8 Å². The zero-order valence-corrected chi connectivity index (χ0v) is 13.5. The van der Waals surface area contributed by atoms with Crippen LogP contribution in [0.25, 0.3) is 6.08 Å². The molecule has 0 unspecified atom stereocenters. The summed E-state index contributed by atoms with van der Waals surface area (Å²) in [5, 5.41) is 3.30. The fourth-order valence-corrected chi connectivity index (χ4v) is 2.41. The number of carbonyl (C=O) groups excluding carboxylic acids is 1. The molecule has 0 aromatic heterocycles. The van der Waals surface area contributed by atoms with E-state index in [0.29, 0.717) is 12.5 Å². The van der Waals surface area contributed by atoms with E-state index >= 15 is 0 Å². The molecule has 1 aromatic rings. The fourth-order valence-electron chi connectivity index (χ4n) is 2.41. The molecule has 1 saturated heterocycles. The average molecular weight is 302 g/mol. The minimum atomic E-state index is -0.275. The van der Waals surface area contributed by atoms with Gasteiger partial charge >= 0.3 is 5.97 Å². The highest BCUT2D eigenvalue weighted by Crippen LogP contribution is 2.15. The van der Waals surface area contributed by atoms with Crippen LogP contribution in [0.4, 0.5) is 0 Å². The lowest BCUT2D eigenvalue weighted by atomic mass is 10.0. The van der Waals surface area contributed by atoms with Crippen molar-refractivity contribution in [3.63, 3.8) is 0 Å². The highest BCUT2D eigenvalue weighted by atomic mass is 16.5. The highest BCUT2D eigenvalue weighted by Gasteiger charge is 2.09. The predicted molar refractivity (Wildman–Crippen MR) is 89.8 cm³/mol. The van der Waals surface area contributed by atoms with Gasteiger partial charge in [0.1, 0.15) is 6.61 Å². The molecule has 120 valence electrons. The Kier molecular flexibility index (Phi) is 6.62. The van der Waals surface area contributed by atoms with Crippen LogP contribution in [0.15, 0.2) is 30.3 Å². The van der Waals surface area contributed by atoms with Crippen LogP contribution in [0.5, 0.6) is 0 Å². The molecule has 1 fully saturated rings. The third-order valence-electron chi connectivity index (χ3n) is 3.88. The molecule has 0 saturated carbocycles. The van der Waals surface area contributed by atoms with E-state index in [1.165, 1.54) is 11.6 Å². The summed E-state index contributed by atoms with van der Waals surface area (Å²) in [5.74, 6) is 0.246. The molecular weight excluding hydrogens is 276 g/mol. The fraction of sp³-hybridized carbons (Fsp3) is 0.500. The largest absolute Gasteiger partial charge is 0.461 e. The average Bonchev–Trinajstić information content (AvgIpc) is 2.54. The summed E-state index contributed by atoms with van der Waals surface area (Å²) in [6, 6.07) is 8.25. The molecule has 0 atom stereocenters. The first kappa shape index (κ1) is 16.7. The van der Waals surface area contributed by atoms with Crippen LogP contribution in [0.2, 0.25) is 0 Å². The molecule has 0 spiro atoms. The molecule has 1 aromatic carbocycles. The summed E-state index contributed by atoms with van der Waals surface area (Å²) >= 11 is 0. The van der Waals surface area contributed by atoms with Gasteiger partial charge in [-0.3, -0.25) is 4.90 Å². The summed E-state index contributed by atoms with van der Waals surface area (Å²) in [6.45, 7) is 9.67. The van der Waals surface area contributed by atoms with Crippen LogP contribution in [0.3, 0.4) is 0 Å². The summed E-state index contributed by atoms with van der Waals surface area (Å²) in [4.78, 5) is 14.0. The molecule has 1 aliphatic heterocycles. The molecular formula is C18H26N2O2. The summed E-state index contributed by atoms with van der Waals surface area (Å²) in [5.41, 5.74) is 2.32. The van der Waals surface area contributed by atoms with Crippen LogP contribution in [0, 0.1) is 0 Å². The Labute approximate surface area is 133 Å². The van der Waals surface area contributed by atoms with Crippen molar-refractivity contribution in [1.82, 2.24) is 10.2 Å². The van der Waals surface area contributed by atoms with E-state index in [1.807, 2.05) is 12.1 Å². The number of nitrogens with one attached hydrogen (secondary N) is 1. The van der Waals surface area contributed by atoms with E-state index in [9.17, 15) is 4.79 Å². The van der Waals surface area contributed by atoms with Crippen molar-refractivity contribution in [2.75, 3.05) is 39.3 Å². The van der Waals surface area contributed by atoms with Crippen LogP contribution in [0.1, 0.15) is 30.9 Å². The second kappa shape index (κ2) is 8.71. The summed E-state index contributed by atoms with van der Waals surface area (Å²) in [7, 11) is 0. The van der Waals surface area contributed by atoms with Crippen LogP contribution in [-0.4, -0.2) is 50.2 Å². The van der Waals surface area contributed by atoms with Gasteiger partial charge < -0.3 is 10.1 Å². The molecule has 0 aliphatic carbocycles. The number of hydrogen-bond donors (Lipinski definition) is 1. The molecule has 0 bridgehead atoms. The number of esters is 1. The SMILES string of the molecule is CC(C)c1ccc(/C=C/C(=O)OCCN2CCNCC2)cc1. The van der Waals surface area contributed by atoms with E-state index in [-0.39, 0.29) is 5.97 Å². The minimum absolute atomic E-state index is 0.275. The van der Waals surface area contributed by atoms with Gasteiger partial charge in [0.05, 0.1) is 0 Å². The first-order chi connectivity index (χ1) is 10.6. The van der Waals surface area contributed by atoms with Crippen molar-refractivity contribution in [1.29, 1.82) is 0 Å². The molecule has 4 nitrogen and oxygen atoms in total. The van der Waals surface area contributed by atoms with Crippen LogP contribution < -0.4 is 5.32 Å². The van der Waals surface area contributed by atoms with Crippen molar-refractivity contribution >= 4 is 12.0 Å². The molecule has 22 heavy (non-hydrogen) atoms. The third-order valence-corrected chi connectivity index (χ3v) is 3.88. The zero-order valence-electron chi connectivity index (χ0n) is 13.5. The highest BCUT2D eigenvalue weighted by molar-refractivity contribution is 5.87. The number of hydrogen-bond acceptors (Lipinski definition) is 4. The Morgan fingerprint density at radius 2 is 1.95 bits per heavy atom. The number of piperazine rings is 1. The third kappa shape index (κ3) is 5.62. The minimum Gasteiger partial charge on any atom is -0.461 e. The van der Waals surface area contributed by atoms with E-state index in [4.69, 9.17) is 4.74 Å². The molecule has 0 radical (unpaired) electrons. The van der Waals surface area contributed by atoms with Gasteiger partial charge in [-0.15, -0.1) is 0 Å². The molecule has 2 rings (SSSR count). The number of nitrogens with zero attached hydrogens (tertiary/aromatic N) is 1. The Hall–Kier alpha value is -1.65. The number of rotatable bonds is 6. The van der Waals surface area contributed by atoms with Crippen molar-refractivity contribution in [3.8, 4) is 0 Å². The number of carbonyl (C=O) groups is 1. The van der Waals surface area contributed by atoms with Gasteiger partial charge in [0.25, 0.3) is 0 Å². The molecule has 0 amide bonds. The normalized spacial score (nSPS) is 16.3. The van der Waals surface area contributed by atoms with Gasteiger partial charge in [0.2, 0.25) is 0 Å². The van der Waals surface area contributed by atoms with Gasteiger partial charge in [-0.2, -0.15) is 0 Å². The quantitative estimate of drug-likeness (QED) is 0.646. The Morgan fingerprint density at radius 1 is 1.27 bits per heavy atom. The number of benzene rings is 1. The van der Waals surface area contributed by atoms with Crippen LogP contribution >= 0.6 is 0 Å². The Bertz CT molecular complexity index is 488. The Balaban J connectivity index is 1.71. The van der Waals surface area contributed by atoms with Crippen molar-refractivity contribution in [3.05, 3.63) is 41.5 Å². The Morgan fingerprint density at radius 3 is 2.59 bits per heavy atom. The van der Waals surface area contributed by atoms with Crippen molar-refractivity contribution in [2.24, 2.45) is 0 Å². The summed E-state index contributed by atoms with van der Waals surface area (Å²) in [6.07, 6.45) is 3.30. The van der Waals surface area contributed by atoms with Crippen LogP contribution in [-0.2, 0) is 9.53 Å². The number of ether oxygens (including phenoxy) is 1. The topological polar surface area (TPSA) is 41.6 Å².